The van der Waals surface area contributed by atoms with Gasteiger partial charge in [0.05, 0.1) is 0 Å². The normalized spacial score (nSPS) is 25.9. The molecule has 5 heteroatoms. The molecule has 3 atom stereocenters. The number of furan rings is 1. The van der Waals surface area contributed by atoms with Crippen molar-refractivity contribution >= 4 is 5.91 Å². The molecule has 1 N–H and O–H groups in total. The van der Waals surface area contributed by atoms with Gasteiger partial charge in [0.2, 0.25) is 5.91 Å². The number of hydrogen-bond acceptors (Lipinski definition) is 3. The van der Waals surface area contributed by atoms with E-state index in [0.29, 0.717) is 18.8 Å². The molecule has 0 saturated heterocycles. The molecule has 4 rings (SSSR count). The molecule has 23 heavy (non-hydrogen) atoms. The fourth-order valence-corrected chi connectivity index (χ4v) is 3.47. The van der Waals surface area contributed by atoms with Crippen molar-refractivity contribution < 1.29 is 9.21 Å². The fourth-order valence-electron chi connectivity index (χ4n) is 3.47. The zero-order valence-electron chi connectivity index (χ0n) is 13.5. The smallest absolute Gasteiger partial charge is 0.220 e. The second-order valence-electron chi connectivity index (χ2n) is 6.92. The van der Waals surface area contributed by atoms with Crippen molar-refractivity contribution in [3.05, 3.63) is 41.9 Å². The molecule has 2 aromatic heterocycles. The molecule has 1 aliphatic heterocycles. The van der Waals surface area contributed by atoms with Gasteiger partial charge in [0, 0.05) is 50.2 Å². The fraction of sp³-hybridized carbons (Fsp3) is 0.556. The Labute approximate surface area is 136 Å². The molecule has 2 aliphatic rings. The molecule has 1 saturated carbocycles. The van der Waals surface area contributed by atoms with Gasteiger partial charge in [0.1, 0.15) is 17.3 Å². The summed E-state index contributed by atoms with van der Waals surface area (Å²) in [5.41, 5.74) is 0. The first kappa shape index (κ1) is 14.5. The average molecular weight is 313 g/mol. The number of aryl methyl sites for hydroxylation is 2. The minimum atomic E-state index is 0.108. The minimum Gasteiger partial charge on any atom is -0.466 e. The van der Waals surface area contributed by atoms with Gasteiger partial charge in [-0.1, -0.05) is 6.92 Å². The second kappa shape index (κ2) is 5.87. The van der Waals surface area contributed by atoms with E-state index in [9.17, 15) is 4.79 Å². The Kier molecular flexibility index (Phi) is 3.71. The summed E-state index contributed by atoms with van der Waals surface area (Å²) >= 11 is 0. The van der Waals surface area contributed by atoms with Gasteiger partial charge in [0.25, 0.3) is 0 Å². The van der Waals surface area contributed by atoms with Crippen molar-refractivity contribution in [2.24, 2.45) is 5.92 Å². The molecule has 0 unspecified atom stereocenters. The van der Waals surface area contributed by atoms with Gasteiger partial charge in [-0.05, 0) is 30.9 Å². The van der Waals surface area contributed by atoms with Crippen LogP contribution in [-0.2, 0) is 24.2 Å². The standard InChI is InChI=1S/C18H23N3O2/c1-12-10-15(12)16-5-3-14(23-16)4-7-18(22)20-13-2-6-17-19-8-9-21(17)11-13/h3,5,8-9,12-13,15H,2,4,6-7,10-11H2,1H3,(H,20,22)/t12-,13-,15-/m1/s1. The molecular formula is C18H23N3O2. The molecule has 0 bridgehead atoms. The molecule has 1 amide bonds. The van der Waals surface area contributed by atoms with Crippen LogP contribution in [0, 0.1) is 5.92 Å². The maximum Gasteiger partial charge on any atom is 0.220 e. The zero-order chi connectivity index (χ0) is 15.8. The van der Waals surface area contributed by atoms with Crippen molar-refractivity contribution in [2.45, 2.75) is 57.5 Å². The Hall–Kier alpha value is -2.04. The molecule has 0 spiro atoms. The van der Waals surface area contributed by atoms with Crippen LogP contribution in [-0.4, -0.2) is 21.5 Å². The van der Waals surface area contributed by atoms with Crippen molar-refractivity contribution in [1.82, 2.24) is 14.9 Å². The number of nitrogens with zero attached hydrogens (tertiary/aromatic N) is 2. The van der Waals surface area contributed by atoms with Gasteiger partial charge >= 0.3 is 0 Å². The average Bonchev–Trinajstić information content (AvgIpc) is 2.95. The first-order valence-corrected chi connectivity index (χ1v) is 8.57. The van der Waals surface area contributed by atoms with Crippen LogP contribution >= 0.6 is 0 Å². The number of aromatic nitrogens is 2. The zero-order valence-corrected chi connectivity index (χ0v) is 13.5. The lowest BCUT2D eigenvalue weighted by Gasteiger charge is -2.24. The molecular weight excluding hydrogens is 290 g/mol. The highest BCUT2D eigenvalue weighted by molar-refractivity contribution is 5.76. The highest BCUT2D eigenvalue weighted by Gasteiger charge is 2.36. The van der Waals surface area contributed by atoms with E-state index in [4.69, 9.17) is 4.42 Å². The Morgan fingerprint density at radius 3 is 3.17 bits per heavy atom. The quantitative estimate of drug-likeness (QED) is 0.923. The predicted molar refractivity (Wildman–Crippen MR) is 86.0 cm³/mol. The van der Waals surface area contributed by atoms with Gasteiger partial charge in [-0.15, -0.1) is 0 Å². The highest BCUT2D eigenvalue weighted by atomic mass is 16.3. The van der Waals surface area contributed by atoms with Crippen LogP contribution in [0.4, 0.5) is 0 Å². The predicted octanol–water partition coefficient (Wildman–Crippen LogP) is 2.66. The van der Waals surface area contributed by atoms with E-state index in [1.807, 2.05) is 18.5 Å². The number of carbonyl (C=O) groups excluding carboxylic acids is 1. The van der Waals surface area contributed by atoms with Crippen molar-refractivity contribution in [2.75, 3.05) is 0 Å². The van der Waals surface area contributed by atoms with E-state index in [2.05, 4.69) is 27.9 Å². The van der Waals surface area contributed by atoms with Gasteiger partial charge in [-0.25, -0.2) is 4.98 Å². The van der Waals surface area contributed by atoms with Crippen LogP contribution in [0.1, 0.15) is 49.4 Å². The highest BCUT2D eigenvalue weighted by Crippen LogP contribution is 2.47. The Morgan fingerprint density at radius 1 is 1.48 bits per heavy atom. The van der Waals surface area contributed by atoms with Crippen LogP contribution in [0.25, 0.3) is 0 Å². The number of amides is 1. The largest absolute Gasteiger partial charge is 0.466 e. The maximum atomic E-state index is 12.2. The van der Waals surface area contributed by atoms with E-state index >= 15 is 0 Å². The monoisotopic (exact) mass is 313 g/mol. The number of rotatable bonds is 5. The van der Waals surface area contributed by atoms with Crippen LogP contribution in [0.2, 0.25) is 0 Å². The molecule has 2 aromatic rings. The summed E-state index contributed by atoms with van der Waals surface area (Å²) < 4.78 is 7.99. The van der Waals surface area contributed by atoms with Crippen molar-refractivity contribution in [3.63, 3.8) is 0 Å². The molecule has 122 valence electrons. The van der Waals surface area contributed by atoms with Gasteiger partial charge in [-0.3, -0.25) is 4.79 Å². The van der Waals surface area contributed by atoms with Gasteiger partial charge in [-0.2, -0.15) is 0 Å². The summed E-state index contributed by atoms with van der Waals surface area (Å²) in [4.78, 5) is 16.5. The number of imidazole rings is 1. The first-order chi connectivity index (χ1) is 11.2. The lowest BCUT2D eigenvalue weighted by molar-refractivity contribution is -0.122. The lowest BCUT2D eigenvalue weighted by atomic mass is 10.1. The molecule has 1 aliphatic carbocycles. The number of hydrogen-bond donors (Lipinski definition) is 1. The third-order valence-electron chi connectivity index (χ3n) is 5.06. The first-order valence-electron chi connectivity index (χ1n) is 8.57. The molecule has 1 fully saturated rings. The van der Waals surface area contributed by atoms with E-state index in [1.54, 1.807) is 0 Å². The van der Waals surface area contributed by atoms with Crippen LogP contribution in [0.15, 0.2) is 28.9 Å². The summed E-state index contributed by atoms with van der Waals surface area (Å²) in [5, 5.41) is 3.14. The number of nitrogens with one attached hydrogen (secondary N) is 1. The van der Waals surface area contributed by atoms with E-state index < -0.39 is 0 Å². The third-order valence-corrected chi connectivity index (χ3v) is 5.06. The summed E-state index contributed by atoms with van der Waals surface area (Å²) in [7, 11) is 0. The number of fused-ring (bicyclic) bond motifs is 1. The lowest BCUT2D eigenvalue weighted by Crippen LogP contribution is -2.40. The Morgan fingerprint density at radius 2 is 2.35 bits per heavy atom. The van der Waals surface area contributed by atoms with E-state index in [1.165, 1.54) is 6.42 Å². The third kappa shape index (κ3) is 3.19. The molecule has 0 radical (unpaired) electrons. The minimum absolute atomic E-state index is 0.108. The SMILES string of the molecule is C[C@@H]1C[C@H]1c1ccc(CCC(=O)N[C@@H]2CCc3nccn3C2)o1. The second-order valence-corrected chi connectivity index (χ2v) is 6.92. The van der Waals surface area contributed by atoms with E-state index in [-0.39, 0.29) is 11.9 Å². The van der Waals surface area contributed by atoms with Crippen molar-refractivity contribution in [1.29, 1.82) is 0 Å². The maximum absolute atomic E-state index is 12.2. The molecule has 3 heterocycles. The molecule has 5 nitrogen and oxygen atoms in total. The van der Waals surface area contributed by atoms with Crippen LogP contribution < -0.4 is 5.32 Å². The van der Waals surface area contributed by atoms with Gasteiger partial charge in [0.15, 0.2) is 0 Å². The summed E-state index contributed by atoms with van der Waals surface area (Å²) in [6, 6.07) is 4.30. The van der Waals surface area contributed by atoms with Crippen LogP contribution in [0.3, 0.4) is 0 Å². The Bertz CT molecular complexity index is 703. The van der Waals surface area contributed by atoms with Crippen molar-refractivity contribution in [3.8, 4) is 0 Å². The summed E-state index contributed by atoms with van der Waals surface area (Å²) in [6.07, 6.45) is 8.10. The Balaban J connectivity index is 1.25. The van der Waals surface area contributed by atoms with Crippen LogP contribution in [0.5, 0.6) is 0 Å². The topological polar surface area (TPSA) is 60.1 Å². The van der Waals surface area contributed by atoms with Gasteiger partial charge < -0.3 is 14.3 Å². The summed E-state index contributed by atoms with van der Waals surface area (Å²) in [6.45, 7) is 3.07. The number of carbonyl (C=O) groups is 1. The summed E-state index contributed by atoms with van der Waals surface area (Å²) in [5.74, 6) is 4.59. The molecule has 0 aromatic carbocycles. The van der Waals surface area contributed by atoms with E-state index in [0.717, 1.165) is 42.6 Å².